The lowest BCUT2D eigenvalue weighted by Crippen LogP contribution is -2.23. The van der Waals surface area contributed by atoms with Gasteiger partial charge in [0.1, 0.15) is 0 Å². The highest BCUT2D eigenvalue weighted by molar-refractivity contribution is 7.23. The quantitative estimate of drug-likeness (QED) is 0.344. The van der Waals surface area contributed by atoms with Crippen LogP contribution in [0.4, 0.5) is 5.69 Å². The minimum atomic E-state index is 0.556. The summed E-state index contributed by atoms with van der Waals surface area (Å²) in [4.78, 5) is 6.75. The average molecular weight is 400 g/mol. The van der Waals surface area contributed by atoms with Crippen LogP contribution in [0.3, 0.4) is 0 Å². The standard InChI is InChI=1S/C25H21NS2/c1-2-7-20(8-3-1)26-16-19-15-18(14-17-6-4-9-21(26)25(17)19)22-11-12-24(28-22)23-10-5-13-27-23/h1-3,5,7-8,10-15,21H,4,6,9,16H2. The molecule has 2 aromatic heterocycles. The lowest BCUT2D eigenvalue weighted by atomic mass is 9.85. The average Bonchev–Trinajstić information content (AvgIpc) is 3.49. The fourth-order valence-corrected chi connectivity index (χ4v) is 6.69. The number of hydrogen-bond donors (Lipinski definition) is 0. The molecule has 3 heteroatoms. The molecule has 1 unspecified atom stereocenters. The van der Waals surface area contributed by atoms with E-state index in [2.05, 4.69) is 77.0 Å². The summed E-state index contributed by atoms with van der Waals surface area (Å²) in [5.41, 5.74) is 7.49. The molecule has 6 rings (SSSR count). The number of thiophene rings is 2. The first-order valence-corrected chi connectivity index (χ1v) is 11.7. The molecule has 1 aliphatic carbocycles. The van der Waals surface area contributed by atoms with Crippen molar-refractivity contribution in [2.45, 2.75) is 31.8 Å². The van der Waals surface area contributed by atoms with Gasteiger partial charge in [0.25, 0.3) is 0 Å². The number of benzene rings is 2. The van der Waals surface area contributed by atoms with E-state index < -0.39 is 0 Å². The summed E-state index contributed by atoms with van der Waals surface area (Å²) in [6.45, 7) is 1.04. The predicted octanol–water partition coefficient (Wildman–Crippen LogP) is 7.54. The summed E-state index contributed by atoms with van der Waals surface area (Å²) < 4.78 is 0. The molecule has 3 heterocycles. The van der Waals surface area contributed by atoms with Crippen molar-refractivity contribution < 1.29 is 0 Å². The van der Waals surface area contributed by atoms with Gasteiger partial charge >= 0.3 is 0 Å². The second kappa shape index (κ2) is 6.61. The van der Waals surface area contributed by atoms with Crippen molar-refractivity contribution in [3.8, 4) is 20.2 Å². The minimum absolute atomic E-state index is 0.556. The molecule has 1 aliphatic heterocycles. The van der Waals surface area contributed by atoms with Crippen molar-refractivity contribution in [3.05, 3.63) is 88.8 Å². The smallest absolute Gasteiger partial charge is 0.0552 e. The van der Waals surface area contributed by atoms with Crippen LogP contribution in [-0.2, 0) is 13.0 Å². The van der Waals surface area contributed by atoms with Gasteiger partial charge in [-0.05, 0) is 89.4 Å². The van der Waals surface area contributed by atoms with Crippen LogP contribution in [-0.4, -0.2) is 0 Å². The SMILES string of the molecule is c1ccc(N2Cc3cc(-c4ccc(-c5cccs5)s4)cc4c3C2CCC4)cc1. The Hall–Kier alpha value is -2.36. The fourth-order valence-electron chi connectivity index (χ4n) is 4.86. The van der Waals surface area contributed by atoms with E-state index in [1.54, 1.807) is 11.1 Å². The Kier molecular flexibility index (Phi) is 3.91. The largest absolute Gasteiger partial charge is 0.360 e. The van der Waals surface area contributed by atoms with Crippen LogP contribution in [0.15, 0.2) is 72.1 Å². The van der Waals surface area contributed by atoms with E-state index in [0.717, 1.165) is 6.54 Å². The minimum Gasteiger partial charge on any atom is -0.360 e. The van der Waals surface area contributed by atoms with Gasteiger partial charge in [0.15, 0.2) is 0 Å². The Morgan fingerprint density at radius 3 is 2.54 bits per heavy atom. The summed E-state index contributed by atoms with van der Waals surface area (Å²) in [6, 6.07) is 25.4. The van der Waals surface area contributed by atoms with Gasteiger partial charge in [-0.15, -0.1) is 22.7 Å². The molecular weight excluding hydrogens is 378 g/mol. The van der Waals surface area contributed by atoms with Gasteiger partial charge in [0.05, 0.1) is 6.04 Å². The Morgan fingerprint density at radius 1 is 0.821 bits per heavy atom. The molecule has 1 atom stereocenters. The second-order valence-corrected chi connectivity index (χ2v) is 9.75. The molecule has 0 spiro atoms. The normalized spacial score (nSPS) is 17.7. The first-order chi connectivity index (χ1) is 13.9. The van der Waals surface area contributed by atoms with Crippen molar-refractivity contribution in [1.82, 2.24) is 0 Å². The van der Waals surface area contributed by atoms with E-state index >= 15 is 0 Å². The Morgan fingerprint density at radius 2 is 1.68 bits per heavy atom. The molecule has 2 aromatic carbocycles. The van der Waals surface area contributed by atoms with Gasteiger partial charge in [-0.1, -0.05) is 24.3 Å². The van der Waals surface area contributed by atoms with Gasteiger partial charge in [0, 0.05) is 26.9 Å². The zero-order valence-electron chi connectivity index (χ0n) is 15.6. The maximum atomic E-state index is 2.61. The summed E-state index contributed by atoms with van der Waals surface area (Å²) in [7, 11) is 0. The Labute approximate surface area is 173 Å². The van der Waals surface area contributed by atoms with Gasteiger partial charge < -0.3 is 4.90 Å². The highest BCUT2D eigenvalue weighted by atomic mass is 32.1. The second-order valence-electron chi connectivity index (χ2n) is 7.72. The lowest BCUT2D eigenvalue weighted by Gasteiger charge is -2.31. The Bertz CT molecular complexity index is 1120. The van der Waals surface area contributed by atoms with Gasteiger partial charge in [-0.3, -0.25) is 0 Å². The maximum absolute atomic E-state index is 2.61. The van der Waals surface area contributed by atoms with Crippen molar-refractivity contribution in [2.75, 3.05) is 4.90 Å². The third kappa shape index (κ3) is 2.65. The first-order valence-electron chi connectivity index (χ1n) is 9.98. The summed E-state index contributed by atoms with van der Waals surface area (Å²) in [5, 5.41) is 2.16. The summed E-state index contributed by atoms with van der Waals surface area (Å²) in [5.74, 6) is 0. The molecule has 0 saturated carbocycles. The molecule has 28 heavy (non-hydrogen) atoms. The van der Waals surface area contributed by atoms with Crippen LogP contribution in [0.25, 0.3) is 20.2 Å². The molecule has 0 N–H and O–H groups in total. The number of para-hydroxylation sites is 1. The van der Waals surface area contributed by atoms with E-state index in [1.165, 1.54) is 50.7 Å². The molecule has 2 aliphatic rings. The van der Waals surface area contributed by atoms with E-state index in [1.807, 2.05) is 22.7 Å². The van der Waals surface area contributed by atoms with Crippen LogP contribution >= 0.6 is 22.7 Å². The molecule has 0 bridgehead atoms. The number of aryl methyl sites for hydroxylation is 1. The zero-order chi connectivity index (χ0) is 18.5. The van der Waals surface area contributed by atoms with Crippen LogP contribution in [0.5, 0.6) is 0 Å². The maximum Gasteiger partial charge on any atom is 0.0552 e. The number of rotatable bonds is 3. The van der Waals surface area contributed by atoms with Crippen molar-refractivity contribution >= 4 is 28.4 Å². The number of anilines is 1. The van der Waals surface area contributed by atoms with Crippen molar-refractivity contribution in [3.63, 3.8) is 0 Å². The van der Waals surface area contributed by atoms with Crippen LogP contribution in [0, 0.1) is 0 Å². The predicted molar refractivity (Wildman–Crippen MR) is 121 cm³/mol. The van der Waals surface area contributed by atoms with E-state index in [0.29, 0.717) is 6.04 Å². The van der Waals surface area contributed by atoms with Crippen molar-refractivity contribution in [1.29, 1.82) is 0 Å². The summed E-state index contributed by atoms with van der Waals surface area (Å²) >= 11 is 3.74. The van der Waals surface area contributed by atoms with E-state index in [-0.39, 0.29) is 0 Å². The van der Waals surface area contributed by atoms with Gasteiger partial charge in [-0.2, -0.15) is 0 Å². The highest BCUT2D eigenvalue weighted by Crippen LogP contribution is 2.47. The van der Waals surface area contributed by atoms with Crippen LogP contribution in [0.2, 0.25) is 0 Å². The molecular formula is C25H21NS2. The number of nitrogens with zero attached hydrogens (tertiary/aromatic N) is 1. The third-order valence-corrected chi connectivity index (χ3v) is 8.27. The summed E-state index contributed by atoms with van der Waals surface area (Å²) in [6.07, 6.45) is 3.78. The van der Waals surface area contributed by atoms with Gasteiger partial charge in [0.2, 0.25) is 0 Å². The van der Waals surface area contributed by atoms with Crippen LogP contribution in [0.1, 0.15) is 35.6 Å². The van der Waals surface area contributed by atoms with E-state index in [9.17, 15) is 0 Å². The first kappa shape index (κ1) is 16.6. The highest BCUT2D eigenvalue weighted by Gasteiger charge is 2.35. The molecule has 0 saturated heterocycles. The third-order valence-electron chi connectivity index (χ3n) is 6.07. The monoisotopic (exact) mass is 399 g/mol. The fraction of sp³-hybridized carbons (Fsp3) is 0.200. The van der Waals surface area contributed by atoms with Gasteiger partial charge in [-0.25, -0.2) is 0 Å². The van der Waals surface area contributed by atoms with Crippen molar-refractivity contribution in [2.24, 2.45) is 0 Å². The molecule has 0 radical (unpaired) electrons. The number of hydrogen-bond acceptors (Lipinski definition) is 3. The molecule has 0 amide bonds. The molecule has 0 fully saturated rings. The zero-order valence-corrected chi connectivity index (χ0v) is 17.2. The topological polar surface area (TPSA) is 3.24 Å². The lowest BCUT2D eigenvalue weighted by molar-refractivity contribution is 0.552. The molecule has 1 nitrogen and oxygen atoms in total. The van der Waals surface area contributed by atoms with E-state index in [4.69, 9.17) is 0 Å². The Balaban J connectivity index is 1.41. The molecule has 4 aromatic rings. The molecule has 138 valence electrons. The van der Waals surface area contributed by atoms with Crippen LogP contribution < -0.4 is 4.90 Å².